The number of carbonyl (C=O) groups is 1. The van der Waals surface area contributed by atoms with E-state index < -0.39 is 0 Å². The molecule has 1 aliphatic rings. The first kappa shape index (κ1) is 14.7. The number of amides is 1. The van der Waals surface area contributed by atoms with Crippen LogP contribution >= 0.6 is 0 Å². The average Bonchev–Trinajstić information content (AvgIpc) is 2.75. The average molecular weight is 277 g/mol. The van der Waals surface area contributed by atoms with Gasteiger partial charge in [0.25, 0.3) is 5.91 Å². The van der Waals surface area contributed by atoms with E-state index >= 15 is 0 Å². The van der Waals surface area contributed by atoms with Crippen molar-refractivity contribution in [3.63, 3.8) is 0 Å². The second kappa shape index (κ2) is 6.61. The van der Waals surface area contributed by atoms with Crippen LogP contribution < -0.4 is 5.73 Å². The molecule has 1 amide bonds. The number of benzene rings is 1. The van der Waals surface area contributed by atoms with Crippen LogP contribution in [0.2, 0.25) is 0 Å². The molecule has 20 heavy (non-hydrogen) atoms. The molecule has 0 radical (unpaired) electrons. The maximum absolute atomic E-state index is 12.9. The zero-order valence-electron chi connectivity index (χ0n) is 11.7. The number of halogens is 1. The fraction of sp³-hybridized carbons (Fsp3) is 0.467. The molecule has 5 heteroatoms. The number of nitrogens with zero attached hydrogens (tertiary/aromatic N) is 2. The minimum absolute atomic E-state index is 0.0274. The van der Waals surface area contributed by atoms with Crippen LogP contribution in [0, 0.1) is 11.7 Å². The molecule has 0 aromatic heterocycles. The van der Waals surface area contributed by atoms with Gasteiger partial charge in [0.05, 0.1) is 18.2 Å². The molecule has 2 N–H and O–H groups in total. The molecule has 1 aromatic rings. The van der Waals surface area contributed by atoms with Crippen LogP contribution in [-0.2, 0) is 11.3 Å². The van der Waals surface area contributed by atoms with Gasteiger partial charge in [-0.2, -0.15) is 5.10 Å². The van der Waals surface area contributed by atoms with Crippen LogP contribution in [-0.4, -0.2) is 23.2 Å². The number of rotatable bonds is 6. The summed E-state index contributed by atoms with van der Waals surface area (Å²) < 4.78 is 12.9. The van der Waals surface area contributed by atoms with Gasteiger partial charge in [-0.15, -0.1) is 0 Å². The lowest BCUT2D eigenvalue weighted by Gasteiger charge is -2.14. The molecule has 0 saturated carbocycles. The molecular formula is C15H20FN3O. The van der Waals surface area contributed by atoms with E-state index in [0.29, 0.717) is 13.1 Å². The zero-order chi connectivity index (χ0) is 14.5. The van der Waals surface area contributed by atoms with E-state index in [9.17, 15) is 9.18 Å². The Labute approximate surface area is 118 Å². The zero-order valence-corrected chi connectivity index (χ0v) is 11.7. The number of carbonyl (C=O) groups excluding carboxylic acids is 1. The summed E-state index contributed by atoms with van der Waals surface area (Å²) >= 11 is 0. The van der Waals surface area contributed by atoms with Gasteiger partial charge < -0.3 is 5.73 Å². The summed E-state index contributed by atoms with van der Waals surface area (Å²) in [6.07, 6.45) is 2.34. The third-order valence-corrected chi connectivity index (χ3v) is 3.51. The van der Waals surface area contributed by atoms with Crippen molar-refractivity contribution in [3.8, 4) is 0 Å². The van der Waals surface area contributed by atoms with E-state index in [4.69, 9.17) is 5.73 Å². The molecule has 2 rings (SSSR count). The van der Waals surface area contributed by atoms with E-state index in [-0.39, 0.29) is 17.6 Å². The van der Waals surface area contributed by atoms with Crippen LogP contribution in [0.25, 0.3) is 0 Å². The maximum atomic E-state index is 12.9. The van der Waals surface area contributed by atoms with Gasteiger partial charge in [0.1, 0.15) is 5.82 Å². The van der Waals surface area contributed by atoms with Crippen LogP contribution in [0.1, 0.15) is 31.7 Å². The Morgan fingerprint density at radius 2 is 2.05 bits per heavy atom. The summed E-state index contributed by atoms with van der Waals surface area (Å²) in [6, 6.07) is 6.15. The predicted octanol–water partition coefficient (Wildman–Crippen LogP) is 2.29. The maximum Gasteiger partial charge on any atom is 0.251 e. The lowest BCUT2D eigenvalue weighted by Crippen LogP contribution is -2.27. The molecule has 1 aromatic carbocycles. The first-order chi connectivity index (χ1) is 9.65. The van der Waals surface area contributed by atoms with Crippen LogP contribution in [0.15, 0.2) is 29.4 Å². The number of hydrazone groups is 1. The summed E-state index contributed by atoms with van der Waals surface area (Å²) in [7, 11) is 0. The molecule has 1 unspecified atom stereocenters. The van der Waals surface area contributed by atoms with E-state index in [1.165, 1.54) is 17.1 Å². The number of hydrogen-bond donors (Lipinski definition) is 1. The first-order valence-electron chi connectivity index (χ1n) is 6.99. The van der Waals surface area contributed by atoms with Gasteiger partial charge in [-0.1, -0.05) is 19.1 Å². The van der Waals surface area contributed by atoms with Crippen LogP contribution in [0.4, 0.5) is 4.39 Å². The Morgan fingerprint density at radius 1 is 1.35 bits per heavy atom. The molecule has 4 nitrogen and oxygen atoms in total. The summed E-state index contributed by atoms with van der Waals surface area (Å²) in [5.41, 5.74) is 7.31. The molecule has 0 saturated heterocycles. The second-order valence-electron chi connectivity index (χ2n) is 4.95. The molecule has 1 heterocycles. The topological polar surface area (TPSA) is 58.7 Å². The third-order valence-electron chi connectivity index (χ3n) is 3.51. The molecule has 1 aliphatic heterocycles. The van der Waals surface area contributed by atoms with Crippen molar-refractivity contribution < 1.29 is 9.18 Å². The van der Waals surface area contributed by atoms with E-state index in [1.807, 2.05) is 6.92 Å². The number of hydrogen-bond acceptors (Lipinski definition) is 3. The molecule has 0 aliphatic carbocycles. The van der Waals surface area contributed by atoms with Gasteiger partial charge in [0.15, 0.2) is 0 Å². The molecule has 0 spiro atoms. The highest BCUT2D eigenvalue weighted by atomic mass is 19.1. The summed E-state index contributed by atoms with van der Waals surface area (Å²) in [6.45, 7) is 2.98. The highest BCUT2D eigenvalue weighted by molar-refractivity contribution is 6.07. The predicted molar refractivity (Wildman–Crippen MR) is 76.5 cm³/mol. The lowest BCUT2D eigenvalue weighted by atomic mass is 9.96. The summed E-state index contributed by atoms with van der Waals surface area (Å²) in [5.74, 6) is -0.385. The summed E-state index contributed by atoms with van der Waals surface area (Å²) in [4.78, 5) is 12.3. The molecular weight excluding hydrogens is 257 g/mol. The van der Waals surface area contributed by atoms with Crippen molar-refractivity contribution in [2.24, 2.45) is 16.8 Å². The van der Waals surface area contributed by atoms with Crippen molar-refractivity contribution in [2.75, 3.05) is 6.54 Å². The van der Waals surface area contributed by atoms with Gasteiger partial charge in [-0.25, -0.2) is 9.40 Å². The van der Waals surface area contributed by atoms with Gasteiger partial charge in [-0.3, -0.25) is 4.79 Å². The fourth-order valence-corrected chi connectivity index (χ4v) is 2.40. The highest BCUT2D eigenvalue weighted by Gasteiger charge is 2.33. The highest BCUT2D eigenvalue weighted by Crippen LogP contribution is 2.24. The van der Waals surface area contributed by atoms with Gasteiger partial charge >= 0.3 is 0 Å². The normalized spacial score (nSPS) is 18.6. The van der Waals surface area contributed by atoms with Crippen molar-refractivity contribution >= 4 is 11.6 Å². The second-order valence-corrected chi connectivity index (χ2v) is 4.95. The standard InChI is InChI=1S/C15H20FN3O/c1-2-14-13(4-3-9-17)15(20)19(18-14)10-11-5-7-12(16)8-6-11/h5-8,13H,2-4,9-10,17H2,1H3. The minimum Gasteiger partial charge on any atom is -0.330 e. The Kier molecular flexibility index (Phi) is 4.84. The van der Waals surface area contributed by atoms with Crippen molar-refractivity contribution in [1.29, 1.82) is 0 Å². The monoisotopic (exact) mass is 277 g/mol. The van der Waals surface area contributed by atoms with Gasteiger partial charge in [-0.05, 0) is 43.5 Å². The first-order valence-corrected chi connectivity index (χ1v) is 6.99. The van der Waals surface area contributed by atoms with Gasteiger partial charge in [0.2, 0.25) is 0 Å². The largest absolute Gasteiger partial charge is 0.330 e. The summed E-state index contributed by atoms with van der Waals surface area (Å²) in [5, 5.41) is 5.90. The minimum atomic E-state index is -0.278. The fourth-order valence-electron chi connectivity index (χ4n) is 2.40. The smallest absolute Gasteiger partial charge is 0.251 e. The van der Waals surface area contributed by atoms with E-state index in [1.54, 1.807) is 12.1 Å². The number of nitrogens with two attached hydrogens (primary N) is 1. The Balaban J connectivity index is 2.07. The Morgan fingerprint density at radius 3 is 2.65 bits per heavy atom. The molecule has 1 atom stereocenters. The Bertz CT molecular complexity index is 498. The van der Waals surface area contributed by atoms with E-state index in [2.05, 4.69) is 5.10 Å². The molecule has 0 fully saturated rings. The molecule has 108 valence electrons. The van der Waals surface area contributed by atoms with Crippen LogP contribution in [0.5, 0.6) is 0 Å². The van der Waals surface area contributed by atoms with Crippen molar-refractivity contribution in [2.45, 2.75) is 32.7 Å². The Hall–Kier alpha value is -1.75. The lowest BCUT2D eigenvalue weighted by molar-refractivity contribution is -0.132. The van der Waals surface area contributed by atoms with Crippen molar-refractivity contribution in [1.82, 2.24) is 5.01 Å². The van der Waals surface area contributed by atoms with Crippen molar-refractivity contribution in [3.05, 3.63) is 35.6 Å². The molecule has 0 bridgehead atoms. The van der Waals surface area contributed by atoms with Crippen LogP contribution in [0.3, 0.4) is 0 Å². The SMILES string of the molecule is CCC1=NN(Cc2ccc(F)cc2)C(=O)C1CCCN. The third kappa shape index (κ3) is 3.22. The quantitative estimate of drug-likeness (QED) is 0.867. The van der Waals surface area contributed by atoms with E-state index in [0.717, 1.165) is 30.5 Å². The van der Waals surface area contributed by atoms with Gasteiger partial charge in [0, 0.05) is 0 Å².